The fourth-order valence-electron chi connectivity index (χ4n) is 1.49. The summed E-state index contributed by atoms with van der Waals surface area (Å²) in [5.41, 5.74) is 1.48. The third-order valence-electron chi connectivity index (χ3n) is 2.42. The summed E-state index contributed by atoms with van der Waals surface area (Å²) < 4.78 is 27.1. The number of aryl methyl sites for hydroxylation is 1. The molecule has 2 N–H and O–H groups in total. The van der Waals surface area contributed by atoms with Crippen molar-refractivity contribution < 1.29 is 13.5 Å². The average molecular weight is 318 g/mol. The van der Waals surface area contributed by atoms with Gasteiger partial charge in [-0.1, -0.05) is 0 Å². The van der Waals surface area contributed by atoms with Crippen molar-refractivity contribution in [3.8, 4) is 0 Å². The lowest BCUT2D eigenvalue weighted by Crippen LogP contribution is -2.26. The number of hydrogen-bond acceptors (Lipinski definition) is 6. The van der Waals surface area contributed by atoms with Crippen LogP contribution in [0.1, 0.15) is 29.2 Å². The van der Waals surface area contributed by atoms with E-state index in [1.807, 2.05) is 12.3 Å². The number of nitrogens with one attached hydrogen (secondary N) is 1. The number of sulfonamides is 1. The van der Waals surface area contributed by atoms with Crippen LogP contribution in [-0.4, -0.2) is 18.5 Å². The first-order valence-corrected chi connectivity index (χ1v) is 8.79. The molecule has 0 saturated carbocycles. The van der Waals surface area contributed by atoms with Gasteiger partial charge in [0.05, 0.1) is 12.6 Å². The minimum atomic E-state index is -3.56. The van der Waals surface area contributed by atoms with Crippen molar-refractivity contribution in [2.24, 2.45) is 0 Å². The molecule has 5 nitrogen and oxygen atoms in total. The van der Waals surface area contributed by atoms with Crippen LogP contribution >= 0.6 is 22.7 Å². The summed E-state index contributed by atoms with van der Waals surface area (Å²) >= 11 is 2.52. The van der Waals surface area contributed by atoms with Crippen LogP contribution in [0.2, 0.25) is 0 Å². The Kier molecular flexibility index (Phi) is 4.36. The lowest BCUT2D eigenvalue weighted by Gasteiger charge is -2.10. The lowest BCUT2D eigenvalue weighted by molar-refractivity contribution is 0.282. The zero-order valence-corrected chi connectivity index (χ0v) is 12.9. The molecular weight excluding hydrogens is 304 g/mol. The van der Waals surface area contributed by atoms with Crippen LogP contribution < -0.4 is 4.72 Å². The molecule has 0 amide bonds. The number of aliphatic hydroxyl groups excluding tert-OH is 1. The molecule has 19 heavy (non-hydrogen) atoms. The second-order valence-corrected chi connectivity index (χ2v) is 7.84. The average Bonchev–Trinajstić information content (AvgIpc) is 2.96. The van der Waals surface area contributed by atoms with Crippen molar-refractivity contribution >= 4 is 32.7 Å². The van der Waals surface area contributed by atoms with E-state index >= 15 is 0 Å². The predicted molar refractivity (Wildman–Crippen MR) is 75.8 cm³/mol. The van der Waals surface area contributed by atoms with Gasteiger partial charge in [0.1, 0.15) is 9.22 Å². The van der Waals surface area contributed by atoms with Gasteiger partial charge in [0.25, 0.3) is 10.0 Å². The van der Waals surface area contributed by atoms with E-state index < -0.39 is 10.0 Å². The quantitative estimate of drug-likeness (QED) is 0.884. The van der Waals surface area contributed by atoms with Crippen LogP contribution in [0.3, 0.4) is 0 Å². The van der Waals surface area contributed by atoms with E-state index in [2.05, 4.69) is 9.71 Å². The summed E-state index contributed by atoms with van der Waals surface area (Å²) in [5.74, 6) is 0. The van der Waals surface area contributed by atoms with E-state index in [1.165, 1.54) is 17.4 Å². The summed E-state index contributed by atoms with van der Waals surface area (Å²) in [5, 5.41) is 13.2. The molecule has 2 aromatic heterocycles. The first kappa shape index (κ1) is 14.6. The highest BCUT2D eigenvalue weighted by atomic mass is 32.2. The highest BCUT2D eigenvalue weighted by Crippen LogP contribution is 2.24. The molecular formula is C11H14N2O3S3. The van der Waals surface area contributed by atoms with E-state index in [0.717, 1.165) is 22.0 Å². The van der Waals surface area contributed by atoms with E-state index in [9.17, 15) is 8.42 Å². The lowest BCUT2D eigenvalue weighted by atomic mass is 10.4. The molecule has 2 rings (SSSR count). The third-order valence-corrected chi connectivity index (χ3v) is 6.59. The molecule has 0 aliphatic rings. The SMILES string of the molecule is Cc1csc(C(C)NS(=O)(=O)c2cc(CO)cs2)n1. The van der Waals surface area contributed by atoms with Gasteiger partial charge in [-0.05, 0) is 30.9 Å². The Hall–Kier alpha value is -0.800. The van der Waals surface area contributed by atoms with Crippen LogP contribution in [0.25, 0.3) is 0 Å². The Morgan fingerprint density at radius 2 is 2.16 bits per heavy atom. The summed E-state index contributed by atoms with van der Waals surface area (Å²) in [7, 11) is -3.56. The zero-order chi connectivity index (χ0) is 14.0. The predicted octanol–water partition coefficient (Wildman–Crippen LogP) is 2.04. The van der Waals surface area contributed by atoms with E-state index in [1.54, 1.807) is 12.3 Å². The van der Waals surface area contributed by atoms with Gasteiger partial charge in [0.15, 0.2) is 0 Å². The van der Waals surface area contributed by atoms with Gasteiger partial charge in [0, 0.05) is 11.1 Å². The van der Waals surface area contributed by atoms with Crippen molar-refractivity contribution in [2.45, 2.75) is 30.7 Å². The second kappa shape index (κ2) is 5.68. The van der Waals surface area contributed by atoms with Gasteiger partial charge in [-0.15, -0.1) is 22.7 Å². The Labute approximate surface area is 120 Å². The maximum Gasteiger partial charge on any atom is 0.250 e. The molecule has 0 radical (unpaired) electrons. The number of aromatic nitrogens is 1. The topological polar surface area (TPSA) is 79.3 Å². The molecule has 1 unspecified atom stereocenters. The van der Waals surface area contributed by atoms with Gasteiger partial charge in [-0.2, -0.15) is 0 Å². The molecule has 0 bridgehead atoms. The standard InChI is InChI=1S/C11H14N2O3S3/c1-7-5-18-11(12-7)8(2)13-19(15,16)10-3-9(4-14)6-17-10/h3,5-6,8,13-14H,4H2,1-2H3. The molecule has 2 aromatic rings. The largest absolute Gasteiger partial charge is 0.392 e. The van der Waals surface area contributed by atoms with Gasteiger partial charge in [0.2, 0.25) is 0 Å². The molecule has 2 heterocycles. The van der Waals surface area contributed by atoms with Crippen LogP contribution in [0, 0.1) is 6.92 Å². The number of hydrogen-bond donors (Lipinski definition) is 2. The summed E-state index contributed by atoms with van der Waals surface area (Å²) in [6.07, 6.45) is 0. The first-order valence-electron chi connectivity index (χ1n) is 5.55. The molecule has 0 aliphatic heterocycles. The van der Waals surface area contributed by atoms with Gasteiger partial charge in [-0.3, -0.25) is 0 Å². The van der Waals surface area contributed by atoms with Crippen LogP contribution in [0.5, 0.6) is 0 Å². The number of nitrogens with zero attached hydrogens (tertiary/aromatic N) is 1. The fraction of sp³-hybridized carbons (Fsp3) is 0.364. The number of rotatable bonds is 5. The fourth-order valence-corrected chi connectivity index (χ4v) is 4.79. The maximum atomic E-state index is 12.1. The first-order chi connectivity index (χ1) is 8.92. The van der Waals surface area contributed by atoms with Gasteiger partial charge < -0.3 is 5.11 Å². The number of thiazole rings is 1. The highest BCUT2D eigenvalue weighted by Gasteiger charge is 2.21. The summed E-state index contributed by atoms with van der Waals surface area (Å²) in [4.78, 5) is 4.26. The van der Waals surface area contributed by atoms with Crippen LogP contribution in [-0.2, 0) is 16.6 Å². The zero-order valence-electron chi connectivity index (χ0n) is 10.5. The number of thiophene rings is 1. The van der Waals surface area contributed by atoms with Crippen molar-refractivity contribution in [1.82, 2.24) is 9.71 Å². The molecule has 0 aliphatic carbocycles. The molecule has 0 saturated heterocycles. The Bertz CT molecular complexity index is 660. The van der Waals surface area contributed by atoms with Crippen LogP contribution in [0.4, 0.5) is 0 Å². The monoisotopic (exact) mass is 318 g/mol. The minimum absolute atomic E-state index is 0.159. The van der Waals surface area contributed by atoms with Crippen molar-refractivity contribution in [3.05, 3.63) is 33.1 Å². The molecule has 104 valence electrons. The minimum Gasteiger partial charge on any atom is -0.392 e. The summed E-state index contributed by atoms with van der Waals surface area (Å²) in [6, 6.07) is 1.11. The van der Waals surface area contributed by atoms with E-state index in [0.29, 0.717) is 5.56 Å². The van der Waals surface area contributed by atoms with Gasteiger partial charge in [-0.25, -0.2) is 18.1 Å². The normalized spacial score (nSPS) is 13.6. The smallest absolute Gasteiger partial charge is 0.250 e. The third kappa shape index (κ3) is 3.40. The Morgan fingerprint density at radius 3 is 2.68 bits per heavy atom. The second-order valence-electron chi connectivity index (χ2n) is 4.10. The van der Waals surface area contributed by atoms with Crippen molar-refractivity contribution in [2.75, 3.05) is 0 Å². The Balaban J connectivity index is 2.17. The van der Waals surface area contributed by atoms with E-state index in [4.69, 9.17) is 5.11 Å². The van der Waals surface area contributed by atoms with Crippen LogP contribution in [0.15, 0.2) is 21.0 Å². The Morgan fingerprint density at radius 1 is 1.42 bits per heavy atom. The van der Waals surface area contributed by atoms with E-state index in [-0.39, 0.29) is 16.9 Å². The van der Waals surface area contributed by atoms with Crippen molar-refractivity contribution in [3.63, 3.8) is 0 Å². The molecule has 8 heteroatoms. The van der Waals surface area contributed by atoms with Crippen molar-refractivity contribution in [1.29, 1.82) is 0 Å². The summed E-state index contributed by atoms with van der Waals surface area (Å²) in [6.45, 7) is 3.47. The molecule has 1 atom stereocenters. The molecule has 0 aromatic carbocycles. The molecule has 0 fully saturated rings. The maximum absolute atomic E-state index is 12.1. The van der Waals surface area contributed by atoms with Gasteiger partial charge >= 0.3 is 0 Å². The number of aliphatic hydroxyl groups is 1. The highest BCUT2D eigenvalue weighted by molar-refractivity contribution is 7.91. The molecule has 0 spiro atoms.